The number of phenols is 1. The van der Waals surface area contributed by atoms with Crippen LogP contribution < -0.4 is 36.6 Å². The summed E-state index contributed by atoms with van der Waals surface area (Å²) in [7, 11) is 6.06. The number of hydrogen-bond acceptors (Lipinski definition) is 11. The first-order chi connectivity index (χ1) is 30.2. The third-order valence-electron chi connectivity index (χ3n) is 12.4. The third-order valence-corrected chi connectivity index (χ3v) is 13.2. The van der Waals surface area contributed by atoms with Crippen molar-refractivity contribution in [3.8, 4) is 23.0 Å². The molecular weight excluding hydrogens is 877 g/mol. The van der Waals surface area contributed by atoms with Gasteiger partial charge in [0.05, 0.1) is 67.0 Å². The van der Waals surface area contributed by atoms with Crippen LogP contribution in [0.25, 0.3) is 11.0 Å². The molecule has 4 heterocycles. The van der Waals surface area contributed by atoms with Crippen molar-refractivity contribution in [3.63, 3.8) is 0 Å². The topological polar surface area (TPSA) is 181 Å². The number of imide groups is 1. The monoisotopic (exact) mass is 913 g/mol. The van der Waals surface area contributed by atoms with E-state index in [1.165, 1.54) is 65.6 Å². The molecule has 0 bridgehead atoms. The average Bonchev–Trinajstić information content (AvgIpc) is 3.65. The number of hydrazine groups is 1. The first-order valence-electron chi connectivity index (χ1n) is 19.7. The predicted molar refractivity (Wildman–Crippen MR) is 234 cm³/mol. The summed E-state index contributed by atoms with van der Waals surface area (Å²) in [6, 6.07) is 18.1. The number of nitrogens with zero attached hydrogens (tertiary/aromatic N) is 6. The van der Waals surface area contributed by atoms with Crippen LogP contribution in [0.2, 0.25) is 15.1 Å². The number of halogens is 3. The fourth-order valence-corrected chi connectivity index (χ4v) is 10.2. The average molecular weight is 915 g/mol. The van der Waals surface area contributed by atoms with Gasteiger partial charge in [-0.05, 0) is 66.1 Å². The Morgan fingerprint density at radius 1 is 0.857 bits per heavy atom. The van der Waals surface area contributed by atoms with E-state index in [1.807, 2.05) is 0 Å². The summed E-state index contributed by atoms with van der Waals surface area (Å²) in [5, 5.41) is 13.3. The number of rotatable bonds is 10. The Bertz CT molecular complexity index is 3120. The number of anilines is 1. The van der Waals surface area contributed by atoms with Crippen molar-refractivity contribution in [1.82, 2.24) is 28.5 Å². The van der Waals surface area contributed by atoms with Crippen LogP contribution in [0.4, 0.5) is 5.69 Å². The number of aromatic hydroxyl groups is 1. The zero-order valence-electron chi connectivity index (χ0n) is 34.1. The lowest BCUT2D eigenvalue weighted by molar-refractivity contribution is -0.138. The molecule has 1 saturated carbocycles. The summed E-state index contributed by atoms with van der Waals surface area (Å²) >= 11 is 19.4. The van der Waals surface area contributed by atoms with E-state index in [0.717, 1.165) is 9.58 Å². The molecule has 2 aliphatic heterocycles. The summed E-state index contributed by atoms with van der Waals surface area (Å²) in [5.74, 6) is -2.51. The predicted octanol–water partition coefficient (Wildman–Crippen LogP) is 5.61. The van der Waals surface area contributed by atoms with Gasteiger partial charge >= 0.3 is 11.4 Å². The maximum atomic E-state index is 15.5. The molecule has 3 aliphatic rings. The molecule has 2 amide bonds. The Labute approximate surface area is 373 Å². The molecule has 19 heteroatoms. The summed E-state index contributed by atoms with van der Waals surface area (Å²) in [4.78, 5) is 77.6. The van der Waals surface area contributed by atoms with E-state index in [4.69, 9.17) is 49.0 Å². The second kappa shape index (κ2) is 15.7. The van der Waals surface area contributed by atoms with Gasteiger partial charge in [0.15, 0.2) is 11.5 Å². The van der Waals surface area contributed by atoms with E-state index in [2.05, 4.69) is 10.4 Å². The van der Waals surface area contributed by atoms with Gasteiger partial charge in [-0.25, -0.2) is 28.5 Å². The van der Waals surface area contributed by atoms with Crippen molar-refractivity contribution in [1.29, 1.82) is 0 Å². The number of carbonyl (C=O) groups is 2. The molecule has 1 saturated heterocycles. The molecule has 2 N–H and O–H groups in total. The van der Waals surface area contributed by atoms with Gasteiger partial charge in [-0.3, -0.25) is 19.8 Å². The number of aromatic nitrogens is 5. The van der Waals surface area contributed by atoms with Crippen molar-refractivity contribution >= 4 is 63.3 Å². The number of carbonyl (C=O) groups excluding carboxylic acids is 2. The largest absolute Gasteiger partial charge is 0.508 e. The lowest BCUT2D eigenvalue weighted by Crippen LogP contribution is -2.53. The minimum Gasteiger partial charge on any atom is -0.508 e. The van der Waals surface area contributed by atoms with Crippen molar-refractivity contribution in [2.75, 3.05) is 26.8 Å². The molecule has 2 aromatic heterocycles. The minimum atomic E-state index is -1.75. The van der Waals surface area contributed by atoms with E-state index in [9.17, 15) is 19.5 Å². The number of aryl methyl sites for hydroxylation is 2. The van der Waals surface area contributed by atoms with Crippen LogP contribution in [0.3, 0.4) is 0 Å². The lowest BCUT2D eigenvalue weighted by atomic mass is 9.53. The zero-order chi connectivity index (χ0) is 44.6. The molecule has 63 heavy (non-hydrogen) atoms. The number of methoxy groups -OCH3 is 3. The number of hydrogen-bond donors (Lipinski definition) is 2. The van der Waals surface area contributed by atoms with Crippen LogP contribution in [0.1, 0.15) is 35.2 Å². The number of amides is 2. The normalized spacial score (nSPS) is 20.3. The van der Waals surface area contributed by atoms with Crippen LogP contribution >= 0.6 is 34.8 Å². The Kier molecular flexibility index (Phi) is 10.4. The van der Waals surface area contributed by atoms with E-state index >= 15 is 9.59 Å². The van der Waals surface area contributed by atoms with E-state index in [1.54, 1.807) is 55.6 Å². The van der Waals surface area contributed by atoms with Crippen LogP contribution in [-0.2, 0) is 41.6 Å². The molecule has 4 atom stereocenters. The van der Waals surface area contributed by atoms with Gasteiger partial charge < -0.3 is 23.9 Å². The van der Waals surface area contributed by atoms with Gasteiger partial charge in [-0.2, -0.15) is 5.01 Å². The number of phenolic OH excluding ortho intramolecular Hbond substituents is 1. The Hall–Kier alpha value is -6.49. The quantitative estimate of drug-likeness (QED) is 0.129. The van der Waals surface area contributed by atoms with Crippen molar-refractivity contribution in [2.24, 2.45) is 13.0 Å². The highest BCUT2D eigenvalue weighted by molar-refractivity contribution is 6.36. The Morgan fingerprint density at radius 3 is 2.25 bits per heavy atom. The molecule has 0 spiro atoms. The maximum Gasteiger partial charge on any atom is 0.347 e. The van der Waals surface area contributed by atoms with Crippen molar-refractivity contribution < 1.29 is 28.9 Å². The van der Waals surface area contributed by atoms with Gasteiger partial charge in [-0.15, -0.1) is 0 Å². The summed E-state index contributed by atoms with van der Waals surface area (Å²) in [6.07, 6.45) is 1.56. The first-order valence-corrected chi connectivity index (χ1v) is 20.8. The zero-order valence-corrected chi connectivity index (χ0v) is 36.4. The molecule has 6 aromatic rings. The van der Waals surface area contributed by atoms with Crippen LogP contribution in [0.5, 0.6) is 23.0 Å². The highest BCUT2D eigenvalue weighted by Crippen LogP contribution is 2.63. The number of benzene rings is 4. The Balaban J connectivity index is 1.18. The molecular formula is C44H38Cl3N7O9. The van der Waals surface area contributed by atoms with E-state index in [-0.39, 0.29) is 58.7 Å². The number of ether oxygens (including phenoxy) is 3. The molecule has 1 aliphatic carbocycles. The fraction of sp³-hybridized carbons (Fsp3) is 0.273. The molecule has 4 aromatic carbocycles. The standard InChI is InChI=1S/C44H38Cl3N7O9/c1-50-34-21-37(63-4)36(62-3)20-32(34)48-31(40(50)57)14-15-51-42(59)52-16-13-26-33(54(52)43(51)60)19-28-39(56)53(49-30-11-7-24(46)18-29(30)47)41(58)44(28,22-5-9-25(61-2)10-6-22)38(26)27-17-23(45)8-12-35(27)55/h5-13,17-18,20-21,28,33,38,49,55H,14-16,19H2,1-4H3. The summed E-state index contributed by atoms with van der Waals surface area (Å²) in [5.41, 5.74) is 1.82. The first kappa shape index (κ1) is 41.8. The number of fused-ring (bicyclic) bond motifs is 5. The Morgan fingerprint density at radius 2 is 1.56 bits per heavy atom. The lowest BCUT2D eigenvalue weighted by Gasteiger charge is -2.49. The molecule has 324 valence electrons. The summed E-state index contributed by atoms with van der Waals surface area (Å²) in [6.45, 7) is -0.307. The molecule has 4 unspecified atom stereocenters. The molecule has 9 rings (SSSR count). The second-order valence-corrected chi connectivity index (χ2v) is 16.7. The molecule has 0 radical (unpaired) electrons. The number of allylic oxidation sites excluding steroid dienone is 2. The van der Waals surface area contributed by atoms with Gasteiger partial charge in [0.1, 0.15) is 17.2 Å². The minimum absolute atomic E-state index is 0.0792. The smallest absolute Gasteiger partial charge is 0.347 e. The van der Waals surface area contributed by atoms with Crippen molar-refractivity contribution in [2.45, 2.75) is 43.3 Å². The maximum absolute atomic E-state index is 15.5. The van der Waals surface area contributed by atoms with Gasteiger partial charge in [0.25, 0.3) is 17.4 Å². The fourth-order valence-electron chi connectivity index (χ4n) is 9.54. The highest BCUT2D eigenvalue weighted by atomic mass is 35.5. The van der Waals surface area contributed by atoms with Crippen LogP contribution in [-0.4, -0.2) is 66.7 Å². The van der Waals surface area contributed by atoms with Gasteiger partial charge in [0, 0.05) is 53.7 Å². The third kappa shape index (κ3) is 6.41. The van der Waals surface area contributed by atoms with E-state index < -0.39 is 52.0 Å². The summed E-state index contributed by atoms with van der Waals surface area (Å²) < 4.78 is 21.3. The van der Waals surface area contributed by atoms with E-state index in [0.29, 0.717) is 44.4 Å². The second-order valence-electron chi connectivity index (χ2n) is 15.5. The van der Waals surface area contributed by atoms with Gasteiger partial charge in [0.2, 0.25) is 0 Å². The molecule has 2 fully saturated rings. The van der Waals surface area contributed by atoms with Crippen molar-refractivity contribution in [3.05, 3.63) is 148 Å². The van der Waals surface area contributed by atoms with Crippen LogP contribution in [0, 0.1) is 5.92 Å². The molecule has 16 nitrogen and oxygen atoms in total. The van der Waals surface area contributed by atoms with Gasteiger partial charge in [-0.1, -0.05) is 53.0 Å². The van der Waals surface area contributed by atoms with Crippen LogP contribution in [0.15, 0.2) is 98.8 Å². The highest BCUT2D eigenvalue weighted by Gasteiger charge is 2.69. The number of nitrogens with one attached hydrogen (secondary N) is 1. The SMILES string of the molecule is COc1ccc(C23C(=O)N(Nc4ccc(Cl)cc4Cl)C(=O)C2CC2C(=CCn4c(=O)n(CCc5nc6cc(OC)c(OC)cc6n(C)c5=O)c(=O)n42)C3c2cc(Cl)ccc2O)cc1.